The summed E-state index contributed by atoms with van der Waals surface area (Å²) in [7, 11) is -0.203. The highest BCUT2D eigenvalue weighted by Gasteiger charge is 2.21. The summed E-state index contributed by atoms with van der Waals surface area (Å²) in [5.41, 5.74) is 9.23. The van der Waals surface area contributed by atoms with Crippen molar-refractivity contribution in [3.8, 4) is 0 Å². The summed E-state index contributed by atoms with van der Waals surface area (Å²) in [5.74, 6) is 0.677. The average Bonchev–Trinajstić information content (AvgIpc) is 2.77. The maximum atomic E-state index is 11.3. The average molecular weight is 309 g/mol. The Balaban J connectivity index is 2.25. The molecule has 2 rings (SSSR count). The molecule has 0 unspecified atom stereocenters. The summed E-state index contributed by atoms with van der Waals surface area (Å²) in [4.78, 5) is 1.70. The Morgan fingerprint density at radius 1 is 1.29 bits per heavy atom. The fourth-order valence-corrected chi connectivity index (χ4v) is 2.14. The fourth-order valence-electron chi connectivity index (χ4n) is 1.58. The molecule has 0 radical (unpaired) electrons. The van der Waals surface area contributed by atoms with Gasteiger partial charge in [-0.25, -0.2) is 13.6 Å². The lowest BCUT2D eigenvalue weighted by atomic mass is 10.3. The lowest BCUT2D eigenvalue weighted by Gasteiger charge is -2.12. The summed E-state index contributed by atoms with van der Waals surface area (Å²) in [6.07, 6.45) is 0. The fraction of sp³-hybridized carbons (Fsp3) is 0.182. The molecule has 0 atom stereocenters. The zero-order valence-corrected chi connectivity index (χ0v) is 12.3. The second-order valence-electron chi connectivity index (χ2n) is 4.45. The van der Waals surface area contributed by atoms with Crippen molar-refractivity contribution >= 4 is 33.1 Å². The highest BCUT2D eigenvalue weighted by atomic mass is 32.2. The van der Waals surface area contributed by atoms with Gasteiger partial charge in [0.05, 0.1) is 10.6 Å². The largest absolute Gasteiger partial charge is 0.380 e. The molecule has 0 aromatic heterocycles. The Morgan fingerprint density at radius 2 is 2.00 bits per heavy atom. The van der Waals surface area contributed by atoms with Crippen molar-refractivity contribution in [2.45, 2.75) is 4.90 Å². The Morgan fingerprint density at radius 3 is 2.62 bits per heavy atom. The zero-order valence-electron chi connectivity index (χ0n) is 11.5. The molecule has 112 valence electrons. The number of hydrazone groups is 1. The standard InChI is InChI=1S/C11H15N7O2S/c1-18(2)11-9(10(12)16-17-11)15-14-7-4-3-5-8(6-7)21(13,19)20/h3-6,14H,1-2H3,(H2,12,15,16)(H2,13,19,20). The van der Waals surface area contributed by atoms with Crippen LogP contribution in [0.1, 0.15) is 0 Å². The van der Waals surface area contributed by atoms with Crippen LogP contribution in [0.4, 0.5) is 5.69 Å². The summed E-state index contributed by atoms with van der Waals surface area (Å²) in [6.45, 7) is 0. The van der Waals surface area contributed by atoms with Crippen LogP contribution >= 0.6 is 0 Å². The van der Waals surface area contributed by atoms with Crippen LogP contribution in [0.15, 0.2) is 44.5 Å². The Kier molecular flexibility index (Phi) is 3.91. The molecule has 0 bridgehead atoms. The highest BCUT2D eigenvalue weighted by molar-refractivity contribution is 7.89. The number of rotatable bonds is 3. The van der Waals surface area contributed by atoms with E-state index in [2.05, 4.69) is 20.7 Å². The first kappa shape index (κ1) is 14.9. The van der Waals surface area contributed by atoms with Crippen LogP contribution in [0.5, 0.6) is 0 Å². The Hall–Kier alpha value is -2.46. The van der Waals surface area contributed by atoms with E-state index >= 15 is 0 Å². The van der Waals surface area contributed by atoms with E-state index < -0.39 is 10.0 Å². The smallest absolute Gasteiger partial charge is 0.238 e. The topological polar surface area (TPSA) is 139 Å². The van der Waals surface area contributed by atoms with E-state index in [1.54, 1.807) is 31.1 Å². The van der Waals surface area contributed by atoms with Gasteiger partial charge in [-0.15, -0.1) is 10.2 Å². The molecule has 0 saturated carbocycles. The molecule has 1 aliphatic heterocycles. The molecular weight excluding hydrogens is 294 g/mol. The lowest BCUT2D eigenvalue weighted by molar-refractivity contribution is 0.598. The van der Waals surface area contributed by atoms with Crippen molar-refractivity contribution in [2.75, 3.05) is 19.5 Å². The number of anilines is 1. The van der Waals surface area contributed by atoms with Crippen molar-refractivity contribution < 1.29 is 8.42 Å². The molecule has 0 aliphatic carbocycles. The van der Waals surface area contributed by atoms with Crippen LogP contribution < -0.4 is 16.3 Å². The quantitative estimate of drug-likeness (QED) is 0.637. The SMILES string of the molecule is CN(C)C1=NN=C(N)/C1=N/Nc1cccc(S(N)(=O)=O)c1. The van der Waals surface area contributed by atoms with Gasteiger partial charge in [-0.3, -0.25) is 5.43 Å². The number of nitrogens with one attached hydrogen (secondary N) is 1. The molecule has 0 saturated heterocycles. The molecule has 1 aromatic rings. The van der Waals surface area contributed by atoms with Crippen LogP contribution in [0, 0.1) is 0 Å². The third kappa shape index (κ3) is 3.35. The van der Waals surface area contributed by atoms with Crippen LogP contribution in [-0.2, 0) is 10.0 Å². The molecule has 0 fully saturated rings. The number of hydrogen-bond acceptors (Lipinski definition) is 8. The van der Waals surface area contributed by atoms with Gasteiger partial charge < -0.3 is 10.6 Å². The van der Waals surface area contributed by atoms with E-state index in [1.807, 2.05) is 0 Å². The monoisotopic (exact) mass is 309 g/mol. The second-order valence-corrected chi connectivity index (χ2v) is 6.01. The first-order valence-corrected chi connectivity index (χ1v) is 7.39. The van der Waals surface area contributed by atoms with Gasteiger partial charge in [-0.2, -0.15) is 5.10 Å². The number of sulfonamides is 1. The molecule has 9 nitrogen and oxygen atoms in total. The molecule has 10 heteroatoms. The highest BCUT2D eigenvalue weighted by Crippen LogP contribution is 2.14. The summed E-state index contributed by atoms with van der Waals surface area (Å²) >= 11 is 0. The van der Waals surface area contributed by atoms with Crippen molar-refractivity contribution in [1.82, 2.24) is 4.90 Å². The molecule has 5 N–H and O–H groups in total. The molecule has 1 heterocycles. The number of nitrogens with two attached hydrogens (primary N) is 2. The van der Waals surface area contributed by atoms with Gasteiger partial charge in [0.1, 0.15) is 0 Å². The first-order chi connectivity index (χ1) is 9.79. The minimum atomic E-state index is -3.77. The van der Waals surface area contributed by atoms with Crippen LogP contribution in [0.3, 0.4) is 0 Å². The number of hydrogen-bond donors (Lipinski definition) is 3. The summed E-state index contributed by atoms with van der Waals surface area (Å²) < 4.78 is 22.6. The van der Waals surface area contributed by atoms with E-state index in [9.17, 15) is 8.42 Å². The van der Waals surface area contributed by atoms with Gasteiger partial charge in [0, 0.05) is 14.1 Å². The van der Waals surface area contributed by atoms with Gasteiger partial charge in [-0.1, -0.05) is 6.07 Å². The van der Waals surface area contributed by atoms with Crippen LogP contribution in [0.25, 0.3) is 0 Å². The molecular formula is C11H15N7O2S. The predicted octanol–water partition coefficient (Wildman–Crippen LogP) is -0.652. The third-order valence-corrected chi connectivity index (χ3v) is 3.50. The third-order valence-electron chi connectivity index (χ3n) is 2.59. The molecule has 21 heavy (non-hydrogen) atoms. The van der Waals surface area contributed by atoms with Crippen molar-refractivity contribution in [1.29, 1.82) is 0 Å². The molecule has 0 amide bonds. The summed E-state index contributed by atoms with van der Waals surface area (Å²) in [6, 6.07) is 5.96. The number of primary sulfonamides is 1. The number of benzene rings is 1. The van der Waals surface area contributed by atoms with Crippen LogP contribution in [0.2, 0.25) is 0 Å². The van der Waals surface area contributed by atoms with Crippen molar-refractivity contribution in [3.05, 3.63) is 24.3 Å². The maximum absolute atomic E-state index is 11.3. The first-order valence-electron chi connectivity index (χ1n) is 5.85. The minimum absolute atomic E-state index is 0.0118. The summed E-state index contributed by atoms with van der Waals surface area (Å²) in [5, 5.41) is 16.8. The Bertz CT molecular complexity index is 750. The zero-order chi connectivity index (χ0) is 15.6. The molecule has 1 aliphatic rings. The number of nitrogens with zero attached hydrogens (tertiary/aromatic N) is 4. The van der Waals surface area contributed by atoms with Crippen molar-refractivity contribution in [3.63, 3.8) is 0 Å². The van der Waals surface area contributed by atoms with E-state index in [0.29, 0.717) is 17.2 Å². The predicted molar refractivity (Wildman–Crippen MR) is 81.6 cm³/mol. The van der Waals surface area contributed by atoms with E-state index in [4.69, 9.17) is 10.9 Å². The maximum Gasteiger partial charge on any atom is 0.238 e. The minimum Gasteiger partial charge on any atom is -0.380 e. The van der Waals surface area contributed by atoms with Gasteiger partial charge in [0.25, 0.3) is 0 Å². The van der Waals surface area contributed by atoms with Gasteiger partial charge in [-0.05, 0) is 18.2 Å². The van der Waals surface area contributed by atoms with Crippen molar-refractivity contribution in [2.24, 2.45) is 26.2 Å². The van der Waals surface area contributed by atoms with E-state index in [1.165, 1.54) is 12.1 Å². The Labute approximate surface area is 122 Å². The van der Waals surface area contributed by atoms with E-state index in [-0.39, 0.29) is 10.7 Å². The normalized spacial score (nSPS) is 16.6. The van der Waals surface area contributed by atoms with Gasteiger partial charge in [0.2, 0.25) is 10.0 Å². The van der Waals surface area contributed by atoms with Crippen LogP contribution in [-0.4, -0.2) is 44.8 Å². The van der Waals surface area contributed by atoms with Gasteiger partial charge in [0.15, 0.2) is 17.4 Å². The van der Waals surface area contributed by atoms with E-state index in [0.717, 1.165) is 0 Å². The molecule has 1 aromatic carbocycles. The number of amidine groups is 2. The second kappa shape index (κ2) is 5.50. The molecule has 0 spiro atoms. The van der Waals surface area contributed by atoms with Gasteiger partial charge >= 0.3 is 0 Å². The lowest BCUT2D eigenvalue weighted by Crippen LogP contribution is -2.36.